The van der Waals surface area contributed by atoms with Crippen LogP contribution in [0.25, 0.3) is 22.2 Å². The SMILES string of the molecule is [B]P1(=O)OC[C@@]2(C)O[C@@H](n3cnc4cc(C)c(Cl)cc43)[C@@H](OC)C2OP(O)(=S)OC[C@H]2O[C@@H](n3cnc4c(N)ncnc43)C(F)[C@H]2O1. The highest BCUT2D eigenvalue weighted by Gasteiger charge is 2.58. The Morgan fingerprint density at radius 2 is 1.96 bits per heavy atom. The standard InChI is InChI=1S/C25H28BClFN7O9P2S/c1-11-4-13-14(5-12(11)27)34(9-32-13)24-19(38-3)20-25(2,42-24)7-40-45(26,36)43-18-15(6-39-46(37,47)44-20)41-23(16(18)28)35-10-33-17-21(29)30-8-31-22(17)35/h4-5,8-10,15-16,18-20,23-24H,6-7H2,1-3H3,(H,37,47)(H2,29,30,31)/t15-,16?,18+,19+,20?,23-,24-,25-,45?,46?/m1/s1. The number of rotatable bonds is 3. The van der Waals surface area contributed by atoms with E-state index in [2.05, 4.69) is 19.9 Å². The molecule has 0 amide bonds. The van der Waals surface area contributed by atoms with E-state index in [0.717, 1.165) is 5.56 Å². The largest absolute Gasteiger partial charge is 0.382 e. The van der Waals surface area contributed by atoms with Gasteiger partial charge in [-0.3, -0.25) is 13.7 Å². The lowest BCUT2D eigenvalue weighted by atomic mass is 9.98. The number of alkyl halides is 1. The summed E-state index contributed by atoms with van der Waals surface area (Å²) in [5.41, 5.74) is 6.83. The number of anilines is 1. The molecule has 2 radical (unpaired) electrons. The van der Waals surface area contributed by atoms with E-state index < -0.39 is 76.1 Å². The van der Waals surface area contributed by atoms with Crippen molar-refractivity contribution in [2.24, 2.45) is 0 Å². The summed E-state index contributed by atoms with van der Waals surface area (Å²) in [7, 11) is 2.91. The van der Waals surface area contributed by atoms with Crippen molar-refractivity contribution < 1.29 is 46.2 Å². The Hall–Kier alpha value is -2.12. The van der Waals surface area contributed by atoms with Crippen molar-refractivity contribution in [2.45, 2.75) is 62.5 Å². The quantitative estimate of drug-likeness (QED) is 0.231. The van der Waals surface area contributed by atoms with Crippen molar-refractivity contribution in [3.05, 3.63) is 41.7 Å². The molecule has 0 saturated carbocycles. The number of nitrogens with two attached hydrogens (primary N) is 1. The Bertz CT molecular complexity index is 1960. The number of ether oxygens (including phenoxy) is 3. The molecule has 3 fully saturated rings. The number of methoxy groups -OCH3 is 1. The Kier molecular flexibility index (Phi) is 8.55. The Morgan fingerprint density at radius 3 is 2.72 bits per heavy atom. The molecule has 3 aromatic heterocycles. The number of nitrogen functional groups attached to an aromatic ring is 1. The molecule has 3 N–H and O–H groups in total. The molecule has 4 unspecified atom stereocenters. The number of hydrogen-bond donors (Lipinski definition) is 2. The molecule has 4 aromatic rings. The van der Waals surface area contributed by atoms with Crippen LogP contribution < -0.4 is 5.73 Å². The van der Waals surface area contributed by atoms with Gasteiger partial charge in [-0.1, -0.05) is 11.6 Å². The molecule has 22 heteroatoms. The maximum Gasteiger partial charge on any atom is 0.325 e. The molecule has 0 spiro atoms. The Morgan fingerprint density at radius 1 is 1.19 bits per heavy atom. The molecular formula is C25H28BClFN7O9P2S. The van der Waals surface area contributed by atoms with Gasteiger partial charge in [-0.25, -0.2) is 24.3 Å². The topological polar surface area (TPSA) is 189 Å². The van der Waals surface area contributed by atoms with Crippen molar-refractivity contribution >= 4 is 73.2 Å². The zero-order chi connectivity index (χ0) is 33.5. The molecule has 10 atom stereocenters. The van der Waals surface area contributed by atoms with Crippen LogP contribution in [-0.2, 0) is 48.7 Å². The van der Waals surface area contributed by atoms with Crippen LogP contribution in [0.5, 0.6) is 0 Å². The summed E-state index contributed by atoms with van der Waals surface area (Å²) in [6.45, 7) is -1.79. The van der Waals surface area contributed by atoms with Crippen LogP contribution in [0.4, 0.5) is 10.2 Å². The monoisotopic (exact) mass is 729 g/mol. The molecule has 16 nitrogen and oxygen atoms in total. The summed E-state index contributed by atoms with van der Waals surface area (Å²) < 4.78 is 73.8. The van der Waals surface area contributed by atoms with E-state index in [-0.39, 0.29) is 17.0 Å². The smallest absolute Gasteiger partial charge is 0.325 e. The number of benzene rings is 1. The fourth-order valence-electron chi connectivity index (χ4n) is 6.00. The molecular weight excluding hydrogens is 702 g/mol. The zero-order valence-electron chi connectivity index (χ0n) is 25.0. The van der Waals surface area contributed by atoms with Gasteiger partial charge < -0.3 is 43.0 Å². The van der Waals surface area contributed by atoms with Crippen LogP contribution in [0.15, 0.2) is 31.1 Å². The molecule has 3 aliphatic heterocycles. The Balaban J connectivity index is 1.20. The third-order valence-corrected chi connectivity index (χ3v) is 11.3. The van der Waals surface area contributed by atoms with Gasteiger partial charge in [0.05, 0.1) is 36.9 Å². The van der Waals surface area contributed by atoms with E-state index >= 15 is 4.39 Å². The van der Waals surface area contributed by atoms with Gasteiger partial charge in [0.25, 0.3) is 7.47 Å². The minimum atomic E-state index is -4.53. The second-order valence-corrected chi connectivity index (χ2v) is 16.3. The highest BCUT2D eigenvalue weighted by Crippen LogP contribution is 2.56. The van der Waals surface area contributed by atoms with Crippen LogP contribution in [0.2, 0.25) is 5.02 Å². The molecule has 6 heterocycles. The van der Waals surface area contributed by atoms with Crippen molar-refractivity contribution in [3.63, 3.8) is 0 Å². The lowest BCUT2D eigenvalue weighted by Gasteiger charge is -2.35. The third-order valence-electron chi connectivity index (χ3n) is 8.35. The van der Waals surface area contributed by atoms with Gasteiger partial charge in [-0.2, -0.15) is 0 Å². The van der Waals surface area contributed by atoms with E-state index in [1.165, 1.54) is 30.7 Å². The minimum Gasteiger partial charge on any atom is -0.382 e. The molecule has 7 rings (SSSR count). The predicted octanol–water partition coefficient (Wildman–Crippen LogP) is 3.27. The van der Waals surface area contributed by atoms with E-state index in [1.807, 2.05) is 13.0 Å². The first-order valence-corrected chi connectivity index (χ1v) is 18.7. The molecule has 3 saturated heterocycles. The number of aryl methyl sites for hydroxylation is 1. The van der Waals surface area contributed by atoms with Crippen LogP contribution in [0, 0.1) is 6.92 Å². The van der Waals surface area contributed by atoms with Gasteiger partial charge in [-0.15, -0.1) is 0 Å². The van der Waals surface area contributed by atoms with E-state index in [9.17, 15) is 9.46 Å². The fraction of sp³-hybridized carbons (Fsp3) is 0.520. The Labute approximate surface area is 278 Å². The van der Waals surface area contributed by atoms with Gasteiger partial charge in [0, 0.05) is 12.1 Å². The maximum atomic E-state index is 16.1. The maximum absolute atomic E-state index is 16.1. The van der Waals surface area contributed by atoms with E-state index in [1.54, 1.807) is 17.6 Å². The number of halogens is 2. The first-order chi connectivity index (χ1) is 22.2. The lowest BCUT2D eigenvalue weighted by Crippen LogP contribution is -2.46. The summed E-state index contributed by atoms with van der Waals surface area (Å²) in [5, 5.41) is 0.503. The van der Waals surface area contributed by atoms with Crippen LogP contribution in [0.1, 0.15) is 24.9 Å². The van der Waals surface area contributed by atoms with Crippen molar-refractivity contribution in [3.8, 4) is 0 Å². The van der Waals surface area contributed by atoms with Gasteiger partial charge in [0.1, 0.15) is 41.9 Å². The summed E-state index contributed by atoms with van der Waals surface area (Å²) in [6.07, 6.45) is -5.38. The number of fused-ring (bicyclic) bond motifs is 4. The van der Waals surface area contributed by atoms with Gasteiger partial charge in [0.15, 0.2) is 30.1 Å². The predicted molar refractivity (Wildman–Crippen MR) is 169 cm³/mol. The summed E-state index contributed by atoms with van der Waals surface area (Å²) in [5.74, 6) is 0.0733. The van der Waals surface area contributed by atoms with Crippen molar-refractivity contribution in [1.29, 1.82) is 0 Å². The van der Waals surface area contributed by atoms with Gasteiger partial charge >= 0.3 is 6.72 Å². The number of hydrogen-bond acceptors (Lipinski definition) is 14. The average Bonchev–Trinajstić information content (AvgIpc) is 3.75. The first-order valence-electron chi connectivity index (χ1n) is 14.1. The van der Waals surface area contributed by atoms with Crippen LogP contribution in [-0.4, -0.2) is 98.0 Å². The normalized spacial score (nSPS) is 38.2. The van der Waals surface area contributed by atoms with Crippen LogP contribution >= 0.6 is 25.8 Å². The average molecular weight is 730 g/mol. The number of nitrogens with zero attached hydrogens (tertiary/aromatic N) is 6. The molecule has 0 aliphatic carbocycles. The van der Waals surface area contributed by atoms with Crippen LogP contribution in [0.3, 0.4) is 0 Å². The summed E-state index contributed by atoms with van der Waals surface area (Å²) >= 11 is 11.8. The highest BCUT2D eigenvalue weighted by atomic mass is 35.5. The van der Waals surface area contributed by atoms with Crippen molar-refractivity contribution in [1.82, 2.24) is 29.1 Å². The zero-order valence-corrected chi connectivity index (χ0v) is 28.3. The van der Waals surface area contributed by atoms with E-state index in [4.69, 9.17) is 69.0 Å². The van der Waals surface area contributed by atoms with E-state index in [0.29, 0.717) is 16.1 Å². The molecule has 47 heavy (non-hydrogen) atoms. The number of imidazole rings is 2. The lowest BCUT2D eigenvalue weighted by molar-refractivity contribution is -0.113. The second-order valence-electron chi connectivity index (χ2n) is 11.5. The molecule has 0 bridgehead atoms. The first kappa shape index (κ1) is 33.4. The van der Waals surface area contributed by atoms with Crippen molar-refractivity contribution in [2.75, 3.05) is 26.1 Å². The summed E-state index contributed by atoms with van der Waals surface area (Å²) in [4.78, 5) is 27.9. The molecule has 250 valence electrons. The molecule has 3 aliphatic rings. The number of aromatic nitrogens is 6. The minimum absolute atomic E-state index is 0.0733. The second kappa shape index (κ2) is 12.0. The fourth-order valence-corrected chi connectivity index (χ4v) is 8.73. The highest BCUT2D eigenvalue weighted by molar-refractivity contribution is 8.07. The van der Waals surface area contributed by atoms with Gasteiger partial charge in [0.2, 0.25) is 7.57 Å². The molecule has 1 aromatic carbocycles. The summed E-state index contributed by atoms with van der Waals surface area (Å²) in [6, 6.07) is 3.55. The van der Waals surface area contributed by atoms with Gasteiger partial charge in [-0.05, 0) is 43.4 Å². The third kappa shape index (κ3) is 5.94.